The first kappa shape index (κ1) is 16.4. The van der Waals surface area contributed by atoms with Crippen molar-refractivity contribution in [2.75, 3.05) is 10.8 Å². The molecular formula is C15H15F2NO3S. The summed E-state index contributed by atoms with van der Waals surface area (Å²) >= 11 is 0. The zero-order valence-electron chi connectivity index (χ0n) is 11.8. The number of para-hydroxylation sites is 1. The molecule has 0 saturated carbocycles. The number of benzene rings is 2. The van der Waals surface area contributed by atoms with Crippen molar-refractivity contribution in [2.45, 2.75) is 17.9 Å². The Kier molecular flexibility index (Phi) is 4.77. The highest BCUT2D eigenvalue weighted by atomic mass is 32.2. The molecule has 4 nitrogen and oxygen atoms in total. The first-order chi connectivity index (χ1) is 10.3. The van der Waals surface area contributed by atoms with Crippen LogP contribution in [0.4, 0.5) is 14.5 Å². The molecule has 0 fully saturated rings. The van der Waals surface area contributed by atoms with Gasteiger partial charge in [-0.25, -0.2) is 17.2 Å². The predicted molar refractivity (Wildman–Crippen MR) is 79.0 cm³/mol. The second kappa shape index (κ2) is 6.41. The Morgan fingerprint density at radius 3 is 2.27 bits per heavy atom. The molecule has 0 aliphatic heterocycles. The zero-order chi connectivity index (χ0) is 16.3. The summed E-state index contributed by atoms with van der Waals surface area (Å²) in [5, 5.41) is 9.55. The molecule has 1 unspecified atom stereocenters. The lowest BCUT2D eigenvalue weighted by atomic mass is 10.3. The Morgan fingerprint density at radius 2 is 1.73 bits per heavy atom. The largest absolute Gasteiger partial charge is 0.392 e. The SMILES string of the molecule is CC(O)CN(c1ccccc1)S(=O)(=O)c1ccc(F)c(F)c1. The molecule has 1 N–H and O–H groups in total. The standard InChI is InChI=1S/C15H15F2NO3S/c1-11(19)10-18(12-5-3-2-4-6-12)22(20,21)13-7-8-14(16)15(17)9-13/h2-9,11,19H,10H2,1H3. The fraction of sp³-hybridized carbons (Fsp3) is 0.200. The van der Waals surface area contributed by atoms with Gasteiger partial charge in [-0.05, 0) is 37.3 Å². The Morgan fingerprint density at radius 1 is 1.09 bits per heavy atom. The van der Waals surface area contributed by atoms with Crippen molar-refractivity contribution in [3.63, 3.8) is 0 Å². The van der Waals surface area contributed by atoms with Crippen LogP contribution >= 0.6 is 0 Å². The van der Waals surface area contributed by atoms with Crippen molar-refractivity contribution < 1.29 is 22.3 Å². The van der Waals surface area contributed by atoms with Crippen molar-refractivity contribution in [3.05, 3.63) is 60.2 Å². The lowest BCUT2D eigenvalue weighted by Crippen LogP contribution is -2.36. The highest BCUT2D eigenvalue weighted by Crippen LogP contribution is 2.24. The zero-order valence-corrected chi connectivity index (χ0v) is 12.6. The minimum atomic E-state index is -4.12. The summed E-state index contributed by atoms with van der Waals surface area (Å²) in [5.74, 6) is -2.37. The number of sulfonamides is 1. The smallest absolute Gasteiger partial charge is 0.264 e. The van der Waals surface area contributed by atoms with E-state index in [0.29, 0.717) is 11.8 Å². The lowest BCUT2D eigenvalue weighted by molar-refractivity contribution is 0.204. The van der Waals surface area contributed by atoms with Gasteiger partial charge >= 0.3 is 0 Å². The molecule has 0 amide bonds. The summed E-state index contributed by atoms with van der Waals surface area (Å²) in [4.78, 5) is -0.379. The molecule has 2 rings (SSSR count). The van der Waals surface area contributed by atoms with Gasteiger partial charge < -0.3 is 5.11 Å². The minimum absolute atomic E-state index is 0.203. The number of nitrogens with zero attached hydrogens (tertiary/aromatic N) is 1. The van der Waals surface area contributed by atoms with Crippen LogP contribution < -0.4 is 4.31 Å². The van der Waals surface area contributed by atoms with E-state index in [1.165, 1.54) is 6.92 Å². The van der Waals surface area contributed by atoms with Gasteiger partial charge in [-0.2, -0.15) is 0 Å². The van der Waals surface area contributed by atoms with Crippen LogP contribution in [0.15, 0.2) is 53.4 Å². The van der Waals surface area contributed by atoms with Crippen molar-refractivity contribution >= 4 is 15.7 Å². The van der Waals surface area contributed by atoms with E-state index in [4.69, 9.17) is 0 Å². The van der Waals surface area contributed by atoms with Crippen LogP contribution in [-0.2, 0) is 10.0 Å². The van der Waals surface area contributed by atoms with Crippen molar-refractivity contribution in [2.24, 2.45) is 0 Å². The normalized spacial score (nSPS) is 12.9. The third kappa shape index (κ3) is 3.42. The number of aliphatic hydroxyl groups excluding tert-OH is 1. The molecule has 118 valence electrons. The van der Waals surface area contributed by atoms with Crippen LogP contribution in [-0.4, -0.2) is 26.2 Å². The molecule has 0 bridgehead atoms. The van der Waals surface area contributed by atoms with Gasteiger partial charge in [-0.3, -0.25) is 4.31 Å². The van der Waals surface area contributed by atoms with Crippen LogP contribution in [0.2, 0.25) is 0 Å². The Balaban J connectivity index is 2.51. The molecule has 2 aromatic carbocycles. The van der Waals surface area contributed by atoms with Crippen LogP contribution in [0.1, 0.15) is 6.92 Å². The molecule has 0 saturated heterocycles. The van der Waals surface area contributed by atoms with Crippen LogP contribution in [0.5, 0.6) is 0 Å². The molecule has 1 atom stereocenters. The number of anilines is 1. The van der Waals surface area contributed by atoms with E-state index in [1.54, 1.807) is 30.3 Å². The Hall–Kier alpha value is -1.99. The van der Waals surface area contributed by atoms with Crippen molar-refractivity contribution in [3.8, 4) is 0 Å². The molecule has 7 heteroatoms. The number of rotatable bonds is 5. The fourth-order valence-corrected chi connectivity index (χ4v) is 3.50. The molecule has 2 aromatic rings. The summed E-state index contributed by atoms with van der Waals surface area (Å²) in [6, 6.07) is 10.5. The van der Waals surface area contributed by atoms with E-state index in [0.717, 1.165) is 16.4 Å². The summed E-state index contributed by atoms with van der Waals surface area (Å²) in [6.45, 7) is 1.24. The predicted octanol–water partition coefficient (Wildman–Crippen LogP) is 2.54. The van der Waals surface area contributed by atoms with Gasteiger partial charge in [-0.1, -0.05) is 18.2 Å². The number of halogens is 2. The molecule has 0 spiro atoms. The summed E-state index contributed by atoms with van der Waals surface area (Å²) < 4.78 is 52.6. The van der Waals surface area contributed by atoms with Gasteiger partial charge in [0.1, 0.15) is 0 Å². The average molecular weight is 327 g/mol. The maximum atomic E-state index is 13.3. The van der Waals surface area contributed by atoms with E-state index in [9.17, 15) is 22.3 Å². The summed E-state index contributed by atoms with van der Waals surface area (Å²) in [5.41, 5.74) is 0.327. The number of hydrogen-bond donors (Lipinski definition) is 1. The third-order valence-corrected chi connectivity index (χ3v) is 4.74. The van der Waals surface area contributed by atoms with Crippen molar-refractivity contribution in [1.82, 2.24) is 0 Å². The van der Waals surface area contributed by atoms with Gasteiger partial charge in [0.05, 0.1) is 23.2 Å². The van der Waals surface area contributed by atoms with Crippen LogP contribution in [0, 0.1) is 11.6 Å². The minimum Gasteiger partial charge on any atom is -0.392 e. The van der Waals surface area contributed by atoms with Crippen LogP contribution in [0.3, 0.4) is 0 Å². The monoisotopic (exact) mass is 327 g/mol. The van der Waals surface area contributed by atoms with E-state index >= 15 is 0 Å². The Labute approximate surface area is 127 Å². The molecule has 0 radical (unpaired) electrons. The summed E-state index contributed by atoms with van der Waals surface area (Å²) in [7, 11) is -4.12. The second-order valence-electron chi connectivity index (χ2n) is 4.80. The van der Waals surface area contributed by atoms with Gasteiger partial charge in [0, 0.05) is 0 Å². The highest BCUT2D eigenvalue weighted by Gasteiger charge is 2.27. The topological polar surface area (TPSA) is 57.6 Å². The van der Waals surface area contributed by atoms with Gasteiger partial charge in [0.15, 0.2) is 11.6 Å². The first-order valence-corrected chi connectivity index (χ1v) is 7.97. The molecular weight excluding hydrogens is 312 g/mol. The maximum absolute atomic E-state index is 13.3. The molecule has 0 aliphatic rings. The fourth-order valence-electron chi connectivity index (χ4n) is 1.94. The molecule has 22 heavy (non-hydrogen) atoms. The van der Waals surface area contributed by atoms with E-state index in [2.05, 4.69) is 0 Å². The van der Waals surface area contributed by atoms with Gasteiger partial charge in [-0.15, -0.1) is 0 Å². The number of hydrogen-bond acceptors (Lipinski definition) is 3. The lowest BCUT2D eigenvalue weighted by Gasteiger charge is -2.25. The van der Waals surface area contributed by atoms with Crippen molar-refractivity contribution in [1.29, 1.82) is 0 Å². The average Bonchev–Trinajstić information content (AvgIpc) is 2.48. The molecule has 0 aliphatic carbocycles. The Bertz CT molecular complexity index is 749. The van der Waals surface area contributed by atoms with Gasteiger partial charge in [0.2, 0.25) is 0 Å². The van der Waals surface area contributed by atoms with E-state index in [1.807, 2.05) is 0 Å². The van der Waals surface area contributed by atoms with E-state index < -0.39 is 27.8 Å². The van der Waals surface area contributed by atoms with E-state index in [-0.39, 0.29) is 11.4 Å². The summed E-state index contributed by atoms with van der Waals surface area (Å²) in [6.07, 6.45) is -0.930. The maximum Gasteiger partial charge on any atom is 0.264 e. The third-order valence-electron chi connectivity index (χ3n) is 2.95. The highest BCUT2D eigenvalue weighted by molar-refractivity contribution is 7.92. The molecule has 0 aromatic heterocycles. The number of aliphatic hydroxyl groups is 1. The van der Waals surface area contributed by atoms with Gasteiger partial charge in [0.25, 0.3) is 10.0 Å². The first-order valence-electron chi connectivity index (χ1n) is 6.53. The molecule has 0 heterocycles. The quantitative estimate of drug-likeness (QED) is 0.918. The van der Waals surface area contributed by atoms with Crippen LogP contribution in [0.25, 0.3) is 0 Å². The second-order valence-corrected chi connectivity index (χ2v) is 6.66.